The van der Waals surface area contributed by atoms with E-state index in [0.717, 1.165) is 42.9 Å². The Morgan fingerprint density at radius 2 is 2.12 bits per heavy atom. The summed E-state index contributed by atoms with van der Waals surface area (Å²) in [7, 11) is 0. The van der Waals surface area contributed by atoms with Crippen molar-refractivity contribution in [1.82, 2.24) is 4.90 Å². The summed E-state index contributed by atoms with van der Waals surface area (Å²) in [4.78, 5) is 14.1. The van der Waals surface area contributed by atoms with E-state index < -0.39 is 0 Å². The van der Waals surface area contributed by atoms with Gasteiger partial charge >= 0.3 is 0 Å². The Kier molecular flexibility index (Phi) is 5.97. The first-order valence-electron chi connectivity index (χ1n) is 9.32. The number of carbonyl (C=O) groups excluding carboxylic acids is 1. The SMILES string of the molecule is CCOc1cccc(C=CC(=O)N2CC[C@@H](N)C2)c1OC1CCCC1. The fourth-order valence-electron chi connectivity index (χ4n) is 3.49. The predicted octanol–water partition coefficient (Wildman–Crippen LogP) is 2.98. The van der Waals surface area contributed by atoms with Gasteiger partial charge < -0.3 is 20.1 Å². The van der Waals surface area contributed by atoms with Crippen molar-refractivity contribution in [3.8, 4) is 11.5 Å². The third kappa shape index (κ3) is 4.54. The van der Waals surface area contributed by atoms with Gasteiger partial charge in [0.15, 0.2) is 11.5 Å². The van der Waals surface area contributed by atoms with Crippen LogP contribution in [-0.2, 0) is 4.79 Å². The number of ether oxygens (including phenoxy) is 2. The third-order valence-electron chi connectivity index (χ3n) is 4.84. The van der Waals surface area contributed by atoms with Crippen LogP contribution < -0.4 is 15.2 Å². The molecule has 1 atom stereocenters. The van der Waals surface area contributed by atoms with Gasteiger partial charge in [-0.2, -0.15) is 0 Å². The molecule has 0 aromatic heterocycles. The van der Waals surface area contributed by atoms with Crippen molar-refractivity contribution >= 4 is 12.0 Å². The van der Waals surface area contributed by atoms with Crippen molar-refractivity contribution in [3.05, 3.63) is 29.8 Å². The lowest BCUT2D eigenvalue weighted by Crippen LogP contribution is -2.30. The summed E-state index contributed by atoms with van der Waals surface area (Å²) >= 11 is 0. The smallest absolute Gasteiger partial charge is 0.246 e. The van der Waals surface area contributed by atoms with E-state index >= 15 is 0 Å². The van der Waals surface area contributed by atoms with Gasteiger partial charge in [-0.05, 0) is 51.2 Å². The van der Waals surface area contributed by atoms with Crippen LogP contribution in [0.25, 0.3) is 6.08 Å². The number of carbonyl (C=O) groups is 1. The Morgan fingerprint density at radius 1 is 1.32 bits per heavy atom. The van der Waals surface area contributed by atoms with E-state index in [2.05, 4.69) is 0 Å². The Morgan fingerprint density at radius 3 is 2.80 bits per heavy atom. The minimum absolute atomic E-state index is 0.00146. The van der Waals surface area contributed by atoms with Crippen LogP contribution in [0.2, 0.25) is 0 Å². The van der Waals surface area contributed by atoms with E-state index in [1.54, 1.807) is 11.0 Å². The highest BCUT2D eigenvalue weighted by molar-refractivity contribution is 5.92. The van der Waals surface area contributed by atoms with E-state index in [4.69, 9.17) is 15.2 Å². The lowest BCUT2D eigenvalue weighted by Gasteiger charge is -2.19. The Balaban J connectivity index is 1.77. The fraction of sp³-hybridized carbons (Fsp3) is 0.550. The molecule has 136 valence electrons. The van der Waals surface area contributed by atoms with Crippen molar-refractivity contribution < 1.29 is 14.3 Å². The third-order valence-corrected chi connectivity index (χ3v) is 4.84. The number of hydrogen-bond donors (Lipinski definition) is 1. The van der Waals surface area contributed by atoms with Gasteiger partial charge in [-0.25, -0.2) is 0 Å². The average Bonchev–Trinajstić information content (AvgIpc) is 3.26. The van der Waals surface area contributed by atoms with E-state index in [9.17, 15) is 4.79 Å². The van der Waals surface area contributed by atoms with Crippen LogP contribution in [-0.4, -0.2) is 42.6 Å². The summed E-state index contributed by atoms with van der Waals surface area (Å²) in [5.41, 5.74) is 6.77. The predicted molar refractivity (Wildman–Crippen MR) is 98.7 cm³/mol. The maximum absolute atomic E-state index is 12.3. The average molecular weight is 344 g/mol. The summed E-state index contributed by atoms with van der Waals surface area (Å²) < 4.78 is 12.0. The van der Waals surface area contributed by atoms with Gasteiger partial charge in [-0.3, -0.25) is 4.79 Å². The zero-order valence-electron chi connectivity index (χ0n) is 14.9. The molecule has 0 unspecified atom stereocenters. The van der Waals surface area contributed by atoms with Crippen molar-refractivity contribution in [2.45, 2.75) is 51.2 Å². The summed E-state index contributed by atoms with van der Waals surface area (Å²) in [6.45, 7) is 3.91. The minimum Gasteiger partial charge on any atom is -0.490 e. The second kappa shape index (κ2) is 8.39. The molecule has 1 aliphatic carbocycles. The highest BCUT2D eigenvalue weighted by atomic mass is 16.5. The number of likely N-dealkylation sites (tertiary alicyclic amines) is 1. The molecule has 1 saturated heterocycles. The van der Waals surface area contributed by atoms with Crippen molar-refractivity contribution in [1.29, 1.82) is 0 Å². The molecule has 2 N–H and O–H groups in total. The van der Waals surface area contributed by atoms with Crippen molar-refractivity contribution in [3.63, 3.8) is 0 Å². The Bertz CT molecular complexity index is 623. The van der Waals surface area contributed by atoms with Gasteiger partial charge in [-0.1, -0.05) is 12.1 Å². The quantitative estimate of drug-likeness (QED) is 0.806. The molecule has 2 fully saturated rings. The molecule has 0 spiro atoms. The minimum atomic E-state index is 0.00146. The van der Waals surface area contributed by atoms with E-state index in [0.29, 0.717) is 13.2 Å². The molecule has 5 nitrogen and oxygen atoms in total. The molecule has 0 bridgehead atoms. The molecule has 3 rings (SSSR count). The van der Waals surface area contributed by atoms with Gasteiger partial charge in [0.05, 0.1) is 12.7 Å². The second-order valence-corrected chi connectivity index (χ2v) is 6.80. The van der Waals surface area contributed by atoms with Gasteiger partial charge in [-0.15, -0.1) is 0 Å². The molecule has 1 aliphatic heterocycles. The van der Waals surface area contributed by atoms with Crippen LogP contribution in [0.4, 0.5) is 0 Å². The fourth-order valence-corrected chi connectivity index (χ4v) is 3.49. The zero-order valence-corrected chi connectivity index (χ0v) is 14.9. The van der Waals surface area contributed by atoms with Gasteiger partial charge in [0.2, 0.25) is 5.91 Å². The van der Waals surface area contributed by atoms with E-state index in [-0.39, 0.29) is 18.1 Å². The van der Waals surface area contributed by atoms with E-state index in [1.165, 1.54) is 12.8 Å². The normalized spacial score (nSPS) is 21.2. The van der Waals surface area contributed by atoms with Gasteiger partial charge in [0.1, 0.15) is 0 Å². The molecule has 25 heavy (non-hydrogen) atoms. The first-order valence-corrected chi connectivity index (χ1v) is 9.32. The molecule has 1 aromatic rings. The lowest BCUT2D eigenvalue weighted by atomic mass is 10.1. The van der Waals surface area contributed by atoms with E-state index in [1.807, 2.05) is 31.2 Å². The molecule has 1 aromatic carbocycles. The maximum atomic E-state index is 12.3. The van der Waals surface area contributed by atoms with Crippen molar-refractivity contribution in [2.24, 2.45) is 5.73 Å². The first-order chi connectivity index (χ1) is 12.2. The number of nitrogens with two attached hydrogens (primary N) is 1. The summed E-state index contributed by atoms with van der Waals surface area (Å²) in [5.74, 6) is 1.49. The number of nitrogens with zero attached hydrogens (tertiary/aromatic N) is 1. The second-order valence-electron chi connectivity index (χ2n) is 6.80. The maximum Gasteiger partial charge on any atom is 0.246 e. The summed E-state index contributed by atoms with van der Waals surface area (Å²) in [6, 6.07) is 5.92. The molecule has 2 aliphatic rings. The highest BCUT2D eigenvalue weighted by Gasteiger charge is 2.23. The Labute approximate surface area is 149 Å². The monoisotopic (exact) mass is 344 g/mol. The van der Waals surface area contributed by atoms with Gasteiger partial charge in [0.25, 0.3) is 0 Å². The highest BCUT2D eigenvalue weighted by Crippen LogP contribution is 2.35. The number of benzene rings is 1. The molecular formula is C20H28N2O3. The number of para-hydroxylation sites is 1. The number of hydrogen-bond acceptors (Lipinski definition) is 4. The topological polar surface area (TPSA) is 64.8 Å². The molecule has 1 heterocycles. The largest absolute Gasteiger partial charge is 0.490 e. The molecule has 5 heteroatoms. The zero-order chi connectivity index (χ0) is 17.6. The Hall–Kier alpha value is -2.01. The number of amides is 1. The lowest BCUT2D eigenvalue weighted by molar-refractivity contribution is -0.124. The number of rotatable bonds is 6. The van der Waals surface area contributed by atoms with Crippen LogP contribution >= 0.6 is 0 Å². The van der Waals surface area contributed by atoms with Crippen LogP contribution in [0.5, 0.6) is 11.5 Å². The van der Waals surface area contributed by atoms with Crippen LogP contribution in [0.3, 0.4) is 0 Å². The first kappa shape index (κ1) is 17.8. The van der Waals surface area contributed by atoms with Crippen LogP contribution in [0.1, 0.15) is 44.6 Å². The molecular weight excluding hydrogens is 316 g/mol. The van der Waals surface area contributed by atoms with Crippen LogP contribution in [0, 0.1) is 0 Å². The van der Waals surface area contributed by atoms with Crippen LogP contribution in [0.15, 0.2) is 24.3 Å². The van der Waals surface area contributed by atoms with Crippen molar-refractivity contribution in [2.75, 3.05) is 19.7 Å². The standard InChI is InChI=1S/C20H28N2O3/c1-2-24-18-9-5-6-15(20(18)25-17-7-3-4-8-17)10-11-19(23)22-13-12-16(21)14-22/h5-6,9-11,16-17H,2-4,7-8,12-14,21H2,1H3/t16-/m1/s1. The molecule has 0 radical (unpaired) electrons. The summed E-state index contributed by atoms with van der Waals surface area (Å²) in [6.07, 6.45) is 9.13. The molecule has 1 amide bonds. The molecule has 1 saturated carbocycles. The van der Waals surface area contributed by atoms with Gasteiger partial charge in [0, 0.05) is 30.8 Å². The summed E-state index contributed by atoms with van der Waals surface area (Å²) in [5, 5.41) is 0.